The molecule has 0 amide bonds. The molecule has 1 aromatic rings. The molecule has 2 aliphatic carbocycles. The van der Waals surface area contributed by atoms with Crippen LogP contribution in [0.1, 0.15) is 48.9 Å². The molecule has 0 spiro atoms. The predicted octanol–water partition coefficient (Wildman–Crippen LogP) is 2.66. The van der Waals surface area contributed by atoms with E-state index in [1.165, 1.54) is 74.3 Å². The molecule has 2 atom stereocenters. The maximum absolute atomic E-state index is 6.00. The zero-order valence-electron chi connectivity index (χ0n) is 12.3. The fourth-order valence-corrected chi connectivity index (χ4v) is 4.50. The highest BCUT2D eigenvalue weighted by Crippen LogP contribution is 2.40. The molecule has 2 heterocycles. The van der Waals surface area contributed by atoms with Crippen LogP contribution in [-0.2, 0) is 19.4 Å². The van der Waals surface area contributed by atoms with Gasteiger partial charge in [0.05, 0.1) is 0 Å². The van der Waals surface area contributed by atoms with Gasteiger partial charge in [0, 0.05) is 30.9 Å². The number of pyridine rings is 1. The van der Waals surface area contributed by atoms with Crippen LogP contribution in [0.25, 0.3) is 0 Å². The molecular formula is C17H25N3. The van der Waals surface area contributed by atoms with Crippen LogP contribution in [0.5, 0.6) is 0 Å². The third-order valence-electron chi connectivity index (χ3n) is 5.60. The lowest BCUT2D eigenvalue weighted by molar-refractivity contribution is 0.494. The highest BCUT2D eigenvalue weighted by atomic mass is 15.2. The number of nitrogens with zero attached hydrogens (tertiary/aromatic N) is 2. The number of anilines is 1. The molecule has 0 aromatic carbocycles. The molecule has 4 rings (SSSR count). The van der Waals surface area contributed by atoms with Crippen molar-refractivity contribution in [1.82, 2.24) is 4.98 Å². The van der Waals surface area contributed by atoms with Crippen molar-refractivity contribution in [2.45, 2.75) is 51.5 Å². The first-order valence-corrected chi connectivity index (χ1v) is 8.32. The van der Waals surface area contributed by atoms with Gasteiger partial charge in [0.2, 0.25) is 0 Å². The van der Waals surface area contributed by atoms with Crippen molar-refractivity contribution < 1.29 is 0 Å². The summed E-state index contributed by atoms with van der Waals surface area (Å²) in [5.41, 5.74) is 10.1. The number of nitrogens with two attached hydrogens (primary N) is 1. The van der Waals surface area contributed by atoms with Crippen LogP contribution in [-0.4, -0.2) is 18.1 Å². The lowest BCUT2D eigenvalue weighted by atomic mass is 9.94. The first-order chi connectivity index (χ1) is 9.85. The molecule has 0 bridgehead atoms. The molecule has 3 nitrogen and oxygen atoms in total. The van der Waals surface area contributed by atoms with Crippen LogP contribution in [0, 0.1) is 11.8 Å². The van der Waals surface area contributed by atoms with Crippen LogP contribution in [0.4, 0.5) is 5.82 Å². The van der Waals surface area contributed by atoms with E-state index in [1.807, 2.05) is 0 Å². The Morgan fingerprint density at radius 2 is 1.85 bits per heavy atom. The summed E-state index contributed by atoms with van der Waals surface area (Å²) in [6.07, 6.45) is 9.24. The maximum Gasteiger partial charge on any atom is 0.133 e. The zero-order chi connectivity index (χ0) is 13.5. The molecular weight excluding hydrogens is 246 g/mol. The van der Waals surface area contributed by atoms with Crippen molar-refractivity contribution in [3.63, 3.8) is 0 Å². The van der Waals surface area contributed by atoms with Crippen molar-refractivity contribution in [3.05, 3.63) is 22.9 Å². The molecule has 3 aliphatic rings. The average Bonchev–Trinajstić information content (AvgIpc) is 3.07. The maximum atomic E-state index is 6.00. The Labute approximate surface area is 121 Å². The second-order valence-corrected chi connectivity index (χ2v) is 6.84. The summed E-state index contributed by atoms with van der Waals surface area (Å²) in [5, 5.41) is 0. The van der Waals surface area contributed by atoms with Crippen molar-refractivity contribution >= 4 is 5.82 Å². The summed E-state index contributed by atoms with van der Waals surface area (Å²) < 4.78 is 0. The molecule has 1 aliphatic heterocycles. The third kappa shape index (κ3) is 2.03. The first kappa shape index (κ1) is 12.6. The van der Waals surface area contributed by atoms with Gasteiger partial charge in [-0.15, -0.1) is 0 Å². The van der Waals surface area contributed by atoms with E-state index < -0.39 is 0 Å². The largest absolute Gasteiger partial charge is 0.356 e. The van der Waals surface area contributed by atoms with Crippen LogP contribution in [0.3, 0.4) is 0 Å². The van der Waals surface area contributed by atoms with Gasteiger partial charge in [-0.2, -0.15) is 0 Å². The molecule has 1 saturated carbocycles. The van der Waals surface area contributed by atoms with Crippen molar-refractivity contribution in [1.29, 1.82) is 0 Å². The number of aromatic nitrogens is 1. The Morgan fingerprint density at radius 1 is 1.10 bits per heavy atom. The first-order valence-electron chi connectivity index (χ1n) is 8.32. The second-order valence-electron chi connectivity index (χ2n) is 6.84. The smallest absolute Gasteiger partial charge is 0.133 e. The van der Waals surface area contributed by atoms with Crippen LogP contribution in [0.15, 0.2) is 6.07 Å². The minimum Gasteiger partial charge on any atom is -0.356 e. The molecule has 2 unspecified atom stereocenters. The Hall–Kier alpha value is -1.09. The van der Waals surface area contributed by atoms with Gasteiger partial charge in [0.1, 0.15) is 5.82 Å². The fraction of sp³-hybridized carbons (Fsp3) is 0.706. The number of hydrogen-bond donors (Lipinski definition) is 1. The summed E-state index contributed by atoms with van der Waals surface area (Å²) in [6.45, 7) is 3.05. The van der Waals surface area contributed by atoms with Gasteiger partial charge in [-0.1, -0.05) is 6.42 Å². The molecule has 3 heteroatoms. The topological polar surface area (TPSA) is 42.1 Å². The lowest BCUT2D eigenvalue weighted by Crippen LogP contribution is -2.25. The van der Waals surface area contributed by atoms with Gasteiger partial charge in [0.15, 0.2) is 0 Å². The molecule has 108 valence electrons. The third-order valence-corrected chi connectivity index (χ3v) is 5.60. The van der Waals surface area contributed by atoms with Gasteiger partial charge in [-0.25, -0.2) is 4.98 Å². The highest BCUT2D eigenvalue weighted by molar-refractivity contribution is 5.51. The van der Waals surface area contributed by atoms with Crippen LogP contribution in [0.2, 0.25) is 0 Å². The van der Waals surface area contributed by atoms with E-state index in [9.17, 15) is 0 Å². The average molecular weight is 271 g/mol. The van der Waals surface area contributed by atoms with Gasteiger partial charge in [-0.05, 0) is 62.0 Å². The van der Waals surface area contributed by atoms with Gasteiger partial charge in [-0.3, -0.25) is 0 Å². The van der Waals surface area contributed by atoms with Crippen molar-refractivity contribution in [2.75, 3.05) is 18.0 Å². The van der Waals surface area contributed by atoms with Gasteiger partial charge in [0.25, 0.3) is 0 Å². The van der Waals surface area contributed by atoms with Gasteiger partial charge < -0.3 is 10.6 Å². The SMILES string of the molecule is NCc1cc2c(nc1N1CC3CCCC3C1)CCCC2. The highest BCUT2D eigenvalue weighted by Gasteiger charge is 2.37. The zero-order valence-corrected chi connectivity index (χ0v) is 12.3. The molecule has 2 fully saturated rings. The second kappa shape index (κ2) is 5.03. The summed E-state index contributed by atoms with van der Waals surface area (Å²) in [5.74, 6) is 3.04. The summed E-state index contributed by atoms with van der Waals surface area (Å²) in [6, 6.07) is 2.35. The fourth-order valence-electron chi connectivity index (χ4n) is 4.50. The number of aryl methyl sites for hydroxylation is 2. The van der Waals surface area contributed by atoms with E-state index in [4.69, 9.17) is 10.7 Å². The molecule has 0 radical (unpaired) electrons. The standard InChI is InChI=1S/C17H25N3/c18-9-15-8-12-4-1-2-7-16(12)19-17(15)20-10-13-5-3-6-14(13)11-20/h8,13-14H,1-7,9-11,18H2. The monoisotopic (exact) mass is 271 g/mol. The number of fused-ring (bicyclic) bond motifs is 2. The Bertz CT molecular complexity index is 499. The Kier molecular flexibility index (Phi) is 3.18. The van der Waals surface area contributed by atoms with E-state index in [1.54, 1.807) is 0 Å². The van der Waals surface area contributed by atoms with E-state index in [2.05, 4.69) is 11.0 Å². The van der Waals surface area contributed by atoms with E-state index >= 15 is 0 Å². The minimum absolute atomic E-state index is 0.626. The predicted molar refractivity (Wildman–Crippen MR) is 81.8 cm³/mol. The van der Waals surface area contributed by atoms with Crippen LogP contribution >= 0.6 is 0 Å². The molecule has 20 heavy (non-hydrogen) atoms. The minimum atomic E-state index is 0.626. The Morgan fingerprint density at radius 3 is 2.60 bits per heavy atom. The molecule has 1 aromatic heterocycles. The summed E-state index contributed by atoms with van der Waals surface area (Å²) in [4.78, 5) is 7.57. The molecule has 2 N–H and O–H groups in total. The summed E-state index contributed by atoms with van der Waals surface area (Å²) >= 11 is 0. The van der Waals surface area contributed by atoms with E-state index in [0.717, 1.165) is 18.3 Å². The van der Waals surface area contributed by atoms with E-state index in [0.29, 0.717) is 6.54 Å². The number of hydrogen-bond acceptors (Lipinski definition) is 3. The van der Waals surface area contributed by atoms with Crippen molar-refractivity contribution in [3.8, 4) is 0 Å². The van der Waals surface area contributed by atoms with Crippen molar-refractivity contribution in [2.24, 2.45) is 17.6 Å². The number of rotatable bonds is 2. The van der Waals surface area contributed by atoms with Gasteiger partial charge >= 0.3 is 0 Å². The molecule has 1 saturated heterocycles. The summed E-state index contributed by atoms with van der Waals surface area (Å²) in [7, 11) is 0. The normalized spacial score (nSPS) is 28.6. The lowest BCUT2D eigenvalue weighted by Gasteiger charge is -2.25. The van der Waals surface area contributed by atoms with E-state index in [-0.39, 0.29) is 0 Å². The Balaban J connectivity index is 1.66. The van der Waals surface area contributed by atoms with Crippen LogP contribution < -0.4 is 10.6 Å². The quantitative estimate of drug-likeness (QED) is 0.899.